The number of rotatable bonds is 4. The zero-order chi connectivity index (χ0) is 14.7. The Morgan fingerprint density at radius 3 is 2.65 bits per heavy atom. The molecule has 2 aromatic rings. The molecule has 1 unspecified atom stereocenters. The Bertz CT molecular complexity index is 607. The minimum atomic E-state index is -0.268. The second kappa shape index (κ2) is 5.79. The van der Waals surface area contributed by atoms with Gasteiger partial charge in [-0.2, -0.15) is 0 Å². The summed E-state index contributed by atoms with van der Waals surface area (Å²) in [5.41, 5.74) is 6.15. The molecule has 3 N–H and O–H groups in total. The molecule has 0 bridgehead atoms. The fourth-order valence-electron chi connectivity index (χ4n) is 2.00. The van der Waals surface area contributed by atoms with Gasteiger partial charge in [0.1, 0.15) is 11.5 Å². The van der Waals surface area contributed by atoms with E-state index in [0.717, 1.165) is 0 Å². The summed E-state index contributed by atoms with van der Waals surface area (Å²) >= 11 is 0. The van der Waals surface area contributed by atoms with E-state index in [1.807, 2.05) is 13.0 Å². The normalized spacial score (nSPS) is 12.2. The van der Waals surface area contributed by atoms with Crippen LogP contribution in [0.1, 0.15) is 34.8 Å². The van der Waals surface area contributed by atoms with Crippen LogP contribution in [-0.4, -0.2) is 23.0 Å². The molecule has 1 aromatic heterocycles. The molecule has 20 heavy (non-hydrogen) atoms. The number of hydrogen-bond acceptors (Lipinski definition) is 4. The molecule has 1 atom stereocenters. The summed E-state index contributed by atoms with van der Waals surface area (Å²) in [6, 6.07) is 9.98. The minimum Gasteiger partial charge on any atom is -0.508 e. The average Bonchev–Trinajstić information content (AvgIpc) is 2.94. The molecule has 0 spiro atoms. The fourth-order valence-corrected chi connectivity index (χ4v) is 2.00. The number of furan rings is 1. The molecule has 0 radical (unpaired) electrons. The van der Waals surface area contributed by atoms with Gasteiger partial charge in [-0.1, -0.05) is 18.2 Å². The lowest BCUT2D eigenvalue weighted by atomic mass is 10.1. The Morgan fingerprint density at radius 1 is 1.35 bits per heavy atom. The van der Waals surface area contributed by atoms with Gasteiger partial charge in [0.05, 0.1) is 12.6 Å². The predicted molar refractivity (Wildman–Crippen MR) is 75.2 cm³/mol. The van der Waals surface area contributed by atoms with Crippen LogP contribution in [0.5, 0.6) is 5.75 Å². The van der Waals surface area contributed by atoms with E-state index in [-0.39, 0.29) is 30.0 Å². The molecule has 0 aliphatic carbocycles. The minimum absolute atomic E-state index is 0.168. The molecule has 106 valence electrons. The second-order valence-electron chi connectivity index (χ2n) is 4.62. The first-order valence-electron chi connectivity index (χ1n) is 6.38. The van der Waals surface area contributed by atoms with Crippen molar-refractivity contribution in [3.05, 3.63) is 53.5 Å². The highest BCUT2D eigenvalue weighted by Gasteiger charge is 2.23. The van der Waals surface area contributed by atoms with E-state index in [0.29, 0.717) is 11.3 Å². The van der Waals surface area contributed by atoms with Crippen molar-refractivity contribution in [2.75, 3.05) is 7.05 Å². The van der Waals surface area contributed by atoms with E-state index in [4.69, 9.17) is 10.2 Å². The number of carbonyl (C=O) groups excluding carboxylic acids is 1. The quantitative estimate of drug-likeness (QED) is 0.896. The summed E-state index contributed by atoms with van der Waals surface area (Å²) in [7, 11) is 1.67. The van der Waals surface area contributed by atoms with Gasteiger partial charge in [-0.15, -0.1) is 0 Å². The molecule has 1 heterocycles. The Hall–Kier alpha value is -2.27. The highest BCUT2D eigenvalue weighted by Crippen LogP contribution is 2.28. The van der Waals surface area contributed by atoms with Crippen molar-refractivity contribution in [2.45, 2.75) is 19.5 Å². The van der Waals surface area contributed by atoms with E-state index in [1.54, 1.807) is 37.4 Å². The second-order valence-corrected chi connectivity index (χ2v) is 4.62. The topological polar surface area (TPSA) is 79.7 Å². The molecule has 5 heteroatoms. The van der Waals surface area contributed by atoms with Gasteiger partial charge in [0.2, 0.25) is 0 Å². The van der Waals surface area contributed by atoms with Crippen molar-refractivity contribution < 1.29 is 14.3 Å². The van der Waals surface area contributed by atoms with Crippen LogP contribution in [0.15, 0.2) is 40.8 Å². The molecular weight excluding hydrogens is 256 g/mol. The number of amides is 1. The first-order valence-corrected chi connectivity index (χ1v) is 6.38. The number of phenols is 1. The van der Waals surface area contributed by atoms with Gasteiger partial charge in [-0.05, 0) is 25.1 Å². The lowest BCUT2D eigenvalue weighted by Crippen LogP contribution is -2.29. The Balaban J connectivity index is 2.20. The highest BCUT2D eigenvalue weighted by atomic mass is 16.4. The Morgan fingerprint density at radius 2 is 2.05 bits per heavy atom. The number of aromatic hydroxyl groups is 1. The number of phenolic OH excluding ortho intramolecular Hbond substituents is 1. The van der Waals surface area contributed by atoms with Gasteiger partial charge in [0.15, 0.2) is 5.76 Å². The first kappa shape index (κ1) is 14.1. The maximum atomic E-state index is 12.3. The van der Waals surface area contributed by atoms with Crippen LogP contribution >= 0.6 is 0 Å². The largest absolute Gasteiger partial charge is 0.508 e. The molecule has 5 nitrogen and oxygen atoms in total. The third kappa shape index (κ3) is 2.67. The number of benzene rings is 1. The molecule has 0 aliphatic heterocycles. The van der Waals surface area contributed by atoms with Crippen molar-refractivity contribution in [1.29, 1.82) is 0 Å². The van der Waals surface area contributed by atoms with Gasteiger partial charge in [-0.25, -0.2) is 0 Å². The van der Waals surface area contributed by atoms with E-state index in [9.17, 15) is 9.90 Å². The van der Waals surface area contributed by atoms with E-state index >= 15 is 0 Å². The summed E-state index contributed by atoms with van der Waals surface area (Å²) in [6.07, 6.45) is 0. The number of nitrogens with zero attached hydrogens (tertiary/aromatic N) is 1. The van der Waals surface area contributed by atoms with Gasteiger partial charge < -0.3 is 20.2 Å². The average molecular weight is 274 g/mol. The maximum Gasteiger partial charge on any atom is 0.289 e. The molecule has 0 saturated heterocycles. The standard InChI is InChI=1S/C15H18N2O3/c1-10(12-5-3-4-6-13(12)18)17(2)15(19)14-8-7-11(9-16)20-14/h3-8,10,18H,9,16H2,1-2H3. The smallest absolute Gasteiger partial charge is 0.289 e. The van der Waals surface area contributed by atoms with Gasteiger partial charge in [0, 0.05) is 12.6 Å². The van der Waals surface area contributed by atoms with Gasteiger partial charge in [0.25, 0.3) is 5.91 Å². The van der Waals surface area contributed by atoms with Crippen LogP contribution in [0.2, 0.25) is 0 Å². The van der Waals surface area contributed by atoms with E-state index < -0.39 is 0 Å². The molecule has 0 aliphatic rings. The Kier molecular flexibility index (Phi) is 4.10. The zero-order valence-electron chi connectivity index (χ0n) is 11.5. The lowest BCUT2D eigenvalue weighted by molar-refractivity contribution is 0.0707. The zero-order valence-corrected chi connectivity index (χ0v) is 11.5. The molecule has 0 fully saturated rings. The number of hydrogen-bond donors (Lipinski definition) is 2. The Labute approximate surface area is 117 Å². The number of carbonyl (C=O) groups is 1. The van der Waals surface area contributed by atoms with Crippen molar-refractivity contribution in [3.8, 4) is 5.75 Å². The summed E-state index contributed by atoms with van der Waals surface area (Å²) < 4.78 is 5.35. The van der Waals surface area contributed by atoms with Gasteiger partial charge in [-0.3, -0.25) is 4.79 Å². The van der Waals surface area contributed by atoms with Crippen molar-refractivity contribution in [3.63, 3.8) is 0 Å². The molecule has 1 amide bonds. The maximum absolute atomic E-state index is 12.3. The lowest BCUT2D eigenvalue weighted by Gasteiger charge is -2.25. The number of para-hydroxylation sites is 1. The summed E-state index contributed by atoms with van der Waals surface area (Å²) in [5, 5.41) is 9.85. The van der Waals surface area contributed by atoms with Crippen LogP contribution in [0, 0.1) is 0 Å². The molecule has 2 rings (SSSR count). The number of nitrogens with two attached hydrogens (primary N) is 1. The molecule has 0 saturated carbocycles. The van der Waals surface area contributed by atoms with Crippen LogP contribution in [0.4, 0.5) is 0 Å². The molecular formula is C15H18N2O3. The highest BCUT2D eigenvalue weighted by molar-refractivity contribution is 5.91. The third-order valence-electron chi connectivity index (χ3n) is 3.36. The summed E-state index contributed by atoms with van der Waals surface area (Å²) in [6.45, 7) is 2.10. The van der Waals surface area contributed by atoms with Crippen molar-refractivity contribution >= 4 is 5.91 Å². The SMILES string of the molecule is CC(c1ccccc1O)N(C)C(=O)c1ccc(CN)o1. The summed E-state index contributed by atoms with van der Waals surface area (Å²) in [4.78, 5) is 13.8. The summed E-state index contributed by atoms with van der Waals surface area (Å²) in [5.74, 6) is 0.731. The predicted octanol–water partition coefficient (Wildman–Crippen LogP) is 2.28. The molecule has 1 aromatic carbocycles. The fraction of sp³-hybridized carbons (Fsp3) is 0.267. The van der Waals surface area contributed by atoms with Crippen LogP contribution in [0.3, 0.4) is 0 Å². The van der Waals surface area contributed by atoms with Gasteiger partial charge >= 0.3 is 0 Å². The van der Waals surface area contributed by atoms with E-state index in [2.05, 4.69) is 0 Å². The first-order chi connectivity index (χ1) is 9.54. The van der Waals surface area contributed by atoms with Crippen molar-refractivity contribution in [1.82, 2.24) is 4.90 Å². The monoisotopic (exact) mass is 274 g/mol. The van der Waals surface area contributed by atoms with Crippen LogP contribution in [0.25, 0.3) is 0 Å². The van der Waals surface area contributed by atoms with Crippen LogP contribution in [-0.2, 0) is 6.54 Å². The van der Waals surface area contributed by atoms with E-state index in [1.165, 1.54) is 4.90 Å². The third-order valence-corrected chi connectivity index (χ3v) is 3.36. The van der Waals surface area contributed by atoms with Crippen LogP contribution < -0.4 is 5.73 Å². The van der Waals surface area contributed by atoms with Crippen molar-refractivity contribution in [2.24, 2.45) is 5.73 Å².